The smallest absolute Gasteiger partial charge is 0.356 e. The number of fused-ring (bicyclic) bond motifs is 1. The van der Waals surface area contributed by atoms with Crippen LogP contribution in [0.2, 0.25) is 0 Å². The highest BCUT2D eigenvalue weighted by atomic mass is 16.5. The van der Waals surface area contributed by atoms with Gasteiger partial charge in [0, 0.05) is 17.8 Å². The molecular weight excluding hydrogens is 270 g/mol. The fraction of sp³-hybridized carbons (Fsp3) is 0.133. The summed E-state index contributed by atoms with van der Waals surface area (Å²) >= 11 is 0. The van der Waals surface area contributed by atoms with Crippen LogP contribution in [0.4, 0.5) is 0 Å². The van der Waals surface area contributed by atoms with Gasteiger partial charge in [-0.3, -0.25) is 0 Å². The zero-order valence-electron chi connectivity index (χ0n) is 11.6. The van der Waals surface area contributed by atoms with E-state index < -0.39 is 5.97 Å². The van der Waals surface area contributed by atoms with E-state index in [1.165, 1.54) is 10.6 Å². The highest BCUT2D eigenvalue weighted by Crippen LogP contribution is 2.30. The van der Waals surface area contributed by atoms with Crippen LogP contribution in [0.5, 0.6) is 5.75 Å². The van der Waals surface area contributed by atoms with Gasteiger partial charge in [-0.15, -0.1) is 0 Å². The van der Waals surface area contributed by atoms with Crippen LogP contribution < -0.4 is 4.74 Å². The summed E-state index contributed by atoms with van der Waals surface area (Å²) < 4.78 is 6.89. The van der Waals surface area contributed by atoms with Crippen molar-refractivity contribution in [3.05, 3.63) is 47.8 Å². The minimum atomic E-state index is -1.08. The SMILES string of the molecule is COc1ccc(C)cc1-c1ccnc2cc(C(=O)O)nn12. The lowest BCUT2D eigenvalue weighted by Crippen LogP contribution is -2.00. The number of hydrogen-bond donors (Lipinski definition) is 1. The van der Waals surface area contributed by atoms with Crippen molar-refractivity contribution < 1.29 is 14.6 Å². The first-order valence-electron chi connectivity index (χ1n) is 6.33. The lowest BCUT2D eigenvalue weighted by atomic mass is 10.1. The number of aryl methyl sites for hydroxylation is 1. The molecule has 0 aliphatic carbocycles. The van der Waals surface area contributed by atoms with Crippen molar-refractivity contribution in [2.45, 2.75) is 6.92 Å². The van der Waals surface area contributed by atoms with E-state index in [0.717, 1.165) is 16.8 Å². The molecular formula is C15H13N3O3. The average Bonchev–Trinajstić information content (AvgIpc) is 2.91. The molecule has 21 heavy (non-hydrogen) atoms. The van der Waals surface area contributed by atoms with Gasteiger partial charge in [-0.25, -0.2) is 14.3 Å². The van der Waals surface area contributed by atoms with E-state index in [1.807, 2.05) is 25.1 Å². The highest BCUT2D eigenvalue weighted by molar-refractivity contribution is 5.87. The molecule has 0 unspecified atom stereocenters. The Balaban J connectivity index is 2.30. The molecule has 0 aliphatic heterocycles. The van der Waals surface area contributed by atoms with Crippen molar-refractivity contribution in [3.8, 4) is 17.0 Å². The Morgan fingerprint density at radius 3 is 2.81 bits per heavy atom. The number of ether oxygens (including phenoxy) is 1. The topological polar surface area (TPSA) is 76.7 Å². The maximum Gasteiger partial charge on any atom is 0.356 e. The van der Waals surface area contributed by atoms with Crippen LogP contribution in [-0.2, 0) is 0 Å². The van der Waals surface area contributed by atoms with Gasteiger partial charge in [0.2, 0.25) is 0 Å². The van der Waals surface area contributed by atoms with Crippen molar-refractivity contribution >= 4 is 11.6 Å². The molecule has 1 N–H and O–H groups in total. The van der Waals surface area contributed by atoms with E-state index in [-0.39, 0.29) is 5.69 Å². The minimum absolute atomic E-state index is 0.0402. The zero-order valence-corrected chi connectivity index (χ0v) is 11.6. The van der Waals surface area contributed by atoms with Crippen molar-refractivity contribution in [1.82, 2.24) is 14.6 Å². The molecule has 0 saturated carbocycles. The van der Waals surface area contributed by atoms with E-state index in [9.17, 15) is 4.79 Å². The van der Waals surface area contributed by atoms with Gasteiger partial charge in [0.15, 0.2) is 11.3 Å². The summed E-state index contributed by atoms with van der Waals surface area (Å²) in [5.74, 6) is -0.386. The highest BCUT2D eigenvalue weighted by Gasteiger charge is 2.15. The first-order chi connectivity index (χ1) is 10.1. The molecule has 0 atom stereocenters. The van der Waals surface area contributed by atoms with Gasteiger partial charge in [0.1, 0.15) is 5.75 Å². The maximum atomic E-state index is 11.1. The summed E-state index contributed by atoms with van der Waals surface area (Å²) in [7, 11) is 1.60. The molecule has 0 saturated heterocycles. The largest absolute Gasteiger partial charge is 0.496 e. The summed E-state index contributed by atoms with van der Waals surface area (Å²) in [6.45, 7) is 1.98. The number of nitrogens with zero attached hydrogens (tertiary/aromatic N) is 3. The van der Waals surface area contributed by atoms with Crippen LogP contribution in [-0.4, -0.2) is 32.8 Å². The lowest BCUT2D eigenvalue weighted by molar-refractivity contribution is 0.0690. The maximum absolute atomic E-state index is 11.1. The first-order valence-corrected chi connectivity index (χ1v) is 6.33. The number of aromatic carboxylic acids is 1. The van der Waals surface area contributed by atoms with Crippen molar-refractivity contribution in [3.63, 3.8) is 0 Å². The molecule has 0 fully saturated rings. The molecule has 0 amide bonds. The minimum Gasteiger partial charge on any atom is -0.496 e. The molecule has 2 heterocycles. The number of carboxylic acid groups (broad SMARTS) is 1. The van der Waals surface area contributed by atoms with Crippen molar-refractivity contribution in [2.75, 3.05) is 7.11 Å². The predicted molar refractivity (Wildman–Crippen MR) is 76.7 cm³/mol. The second-order valence-electron chi connectivity index (χ2n) is 4.64. The fourth-order valence-corrected chi connectivity index (χ4v) is 2.23. The van der Waals surface area contributed by atoms with Crippen molar-refractivity contribution in [2.24, 2.45) is 0 Å². The van der Waals surface area contributed by atoms with Crippen LogP contribution in [0.15, 0.2) is 36.5 Å². The third kappa shape index (κ3) is 2.20. The van der Waals surface area contributed by atoms with Crippen LogP contribution in [0.25, 0.3) is 16.9 Å². The summed E-state index contributed by atoms with van der Waals surface area (Å²) in [5.41, 5.74) is 3.08. The zero-order chi connectivity index (χ0) is 15.0. The van der Waals surface area contributed by atoms with Gasteiger partial charge in [-0.1, -0.05) is 11.6 Å². The van der Waals surface area contributed by atoms with Crippen LogP contribution in [0.1, 0.15) is 16.1 Å². The molecule has 0 aliphatic rings. The summed E-state index contributed by atoms with van der Waals surface area (Å²) in [5, 5.41) is 13.2. The van der Waals surface area contributed by atoms with Crippen molar-refractivity contribution in [1.29, 1.82) is 0 Å². The van der Waals surface area contributed by atoms with Crippen LogP contribution >= 0.6 is 0 Å². The van der Waals surface area contributed by atoms with Gasteiger partial charge < -0.3 is 9.84 Å². The number of carbonyl (C=O) groups is 1. The quantitative estimate of drug-likeness (QED) is 0.798. The molecule has 3 rings (SSSR count). The predicted octanol–water partition coefficient (Wildman–Crippen LogP) is 2.41. The molecule has 6 heteroatoms. The average molecular weight is 283 g/mol. The number of benzene rings is 1. The second kappa shape index (κ2) is 4.90. The lowest BCUT2D eigenvalue weighted by Gasteiger charge is -2.10. The fourth-order valence-electron chi connectivity index (χ4n) is 2.23. The normalized spacial score (nSPS) is 10.8. The Kier molecular flexibility index (Phi) is 3.06. The second-order valence-corrected chi connectivity index (χ2v) is 4.64. The van der Waals surface area contributed by atoms with E-state index in [0.29, 0.717) is 11.4 Å². The summed E-state index contributed by atoms with van der Waals surface area (Å²) in [6, 6.07) is 9.01. The molecule has 0 bridgehead atoms. The number of hydrogen-bond acceptors (Lipinski definition) is 4. The number of rotatable bonds is 3. The van der Waals surface area contributed by atoms with Gasteiger partial charge in [-0.2, -0.15) is 5.10 Å². The molecule has 3 aromatic rings. The standard InChI is InChI=1S/C15H13N3O3/c1-9-3-4-13(21-2)10(7-9)12-5-6-16-14-8-11(15(19)20)17-18(12)14/h3-8H,1-2H3,(H,19,20). The van der Waals surface area contributed by atoms with Gasteiger partial charge in [-0.05, 0) is 25.1 Å². The molecule has 0 spiro atoms. The monoisotopic (exact) mass is 283 g/mol. The Hall–Kier alpha value is -2.89. The third-order valence-corrected chi connectivity index (χ3v) is 3.21. The number of carboxylic acids is 1. The number of methoxy groups -OCH3 is 1. The Labute approximate surface area is 120 Å². The Morgan fingerprint density at radius 2 is 2.10 bits per heavy atom. The van der Waals surface area contributed by atoms with Crippen LogP contribution in [0.3, 0.4) is 0 Å². The Bertz CT molecular complexity index is 839. The van der Waals surface area contributed by atoms with Gasteiger partial charge >= 0.3 is 5.97 Å². The van der Waals surface area contributed by atoms with E-state index in [2.05, 4.69) is 10.1 Å². The van der Waals surface area contributed by atoms with Crippen LogP contribution in [0, 0.1) is 6.92 Å². The summed E-state index contributed by atoms with van der Waals surface area (Å²) in [6.07, 6.45) is 1.62. The first kappa shape index (κ1) is 13.1. The van der Waals surface area contributed by atoms with Gasteiger partial charge in [0.05, 0.1) is 12.8 Å². The van der Waals surface area contributed by atoms with E-state index in [4.69, 9.17) is 9.84 Å². The molecule has 106 valence electrons. The molecule has 1 aromatic carbocycles. The number of aromatic nitrogens is 3. The van der Waals surface area contributed by atoms with Gasteiger partial charge in [0.25, 0.3) is 0 Å². The Morgan fingerprint density at radius 1 is 1.29 bits per heavy atom. The van der Waals surface area contributed by atoms with E-state index >= 15 is 0 Å². The molecule has 0 radical (unpaired) electrons. The summed E-state index contributed by atoms with van der Waals surface area (Å²) in [4.78, 5) is 15.2. The molecule has 2 aromatic heterocycles. The van der Waals surface area contributed by atoms with E-state index in [1.54, 1.807) is 19.4 Å². The molecule has 6 nitrogen and oxygen atoms in total. The third-order valence-electron chi connectivity index (χ3n) is 3.21.